The number of fused-ring (bicyclic) bond motifs is 1. The van der Waals surface area contributed by atoms with Gasteiger partial charge in [-0.15, -0.1) is 0 Å². The van der Waals surface area contributed by atoms with Gasteiger partial charge < -0.3 is 15.0 Å². The highest BCUT2D eigenvalue weighted by Gasteiger charge is 2.37. The Morgan fingerprint density at radius 1 is 1.32 bits per heavy atom. The van der Waals surface area contributed by atoms with Crippen LogP contribution < -0.4 is 4.90 Å². The molecule has 1 heterocycles. The minimum absolute atomic E-state index is 0.125. The zero-order valence-electron chi connectivity index (χ0n) is 11.7. The zero-order valence-corrected chi connectivity index (χ0v) is 11.7. The number of aliphatic hydroxyl groups excluding tert-OH is 1. The zero-order chi connectivity index (χ0) is 13.5. The van der Waals surface area contributed by atoms with Crippen LogP contribution in [0.25, 0.3) is 10.9 Å². The number of para-hydroxylation sites is 1. The van der Waals surface area contributed by atoms with Gasteiger partial charge in [0.1, 0.15) is 0 Å². The molecule has 0 atom stereocenters. The molecular weight excluding hydrogens is 236 g/mol. The molecule has 3 heteroatoms. The first-order valence-electron chi connectivity index (χ1n) is 7.04. The van der Waals surface area contributed by atoms with Crippen LogP contribution in [0.15, 0.2) is 24.3 Å². The molecule has 0 amide bonds. The lowest BCUT2D eigenvalue weighted by Crippen LogP contribution is -2.43. The van der Waals surface area contributed by atoms with E-state index in [-0.39, 0.29) is 5.41 Å². The number of aryl methyl sites for hydroxylation is 1. The fourth-order valence-corrected chi connectivity index (χ4v) is 3.38. The molecule has 0 saturated heterocycles. The van der Waals surface area contributed by atoms with Gasteiger partial charge in [-0.1, -0.05) is 24.6 Å². The van der Waals surface area contributed by atoms with Crippen LogP contribution in [0.2, 0.25) is 0 Å². The quantitative estimate of drug-likeness (QED) is 0.884. The van der Waals surface area contributed by atoms with Crippen molar-refractivity contribution < 1.29 is 5.11 Å². The summed E-state index contributed by atoms with van der Waals surface area (Å²) in [6, 6.07) is 8.42. The molecule has 1 aromatic carbocycles. The van der Waals surface area contributed by atoms with Crippen molar-refractivity contribution in [2.45, 2.75) is 26.2 Å². The molecule has 19 heavy (non-hydrogen) atoms. The van der Waals surface area contributed by atoms with E-state index in [0.717, 1.165) is 19.4 Å². The van der Waals surface area contributed by atoms with Gasteiger partial charge in [-0.05, 0) is 25.8 Å². The molecule has 0 unspecified atom stereocenters. The lowest BCUT2D eigenvalue weighted by Gasteiger charge is -2.43. The summed E-state index contributed by atoms with van der Waals surface area (Å²) in [7, 11) is 2.14. The maximum Gasteiger partial charge on any atom is 0.0651 e. The van der Waals surface area contributed by atoms with E-state index >= 15 is 0 Å². The molecule has 3 nitrogen and oxygen atoms in total. The Hall–Kier alpha value is -1.48. The Bertz CT molecular complexity index is 578. The van der Waals surface area contributed by atoms with Crippen molar-refractivity contribution in [3.63, 3.8) is 0 Å². The molecule has 1 aliphatic carbocycles. The van der Waals surface area contributed by atoms with Crippen LogP contribution in [-0.2, 0) is 0 Å². The normalized spacial score (nSPS) is 17.4. The lowest BCUT2D eigenvalue weighted by molar-refractivity contribution is 0.0524. The van der Waals surface area contributed by atoms with Gasteiger partial charge >= 0.3 is 0 Å². The second-order valence-corrected chi connectivity index (χ2v) is 6.01. The van der Waals surface area contributed by atoms with Gasteiger partial charge in [0.15, 0.2) is 0 Å². The number of anilines is 1. The average molecular weight is 258 g/mol. The minimum atomic E-state index is 0.125. The number of nitrogens with zero attached hydrogens (tertiary/aromatic N) is 1. The van der Waals surface area contributed by atoms with Crippen molar-refractivity contribution in [3.8, 4) is 0 Å². The minimum Gasteiger partial charge on any atom is -0.396 e. The standard InChI is InChI=1S/C16H22N2O/c1-12-15(13-6-3-4-7-14(13)17-12)18(2)10-16(11-19)8-5-9-16/h3-4,6-7,17,19H,5,8-11H2,1-2H3. The van der Waals surface area contributed by atoms with Crippen LogP contribution in [-0.4, -0.2) is 30.3 Å². The third kappa shape index (κ3) is 2.02. The highest BCUT2D eigenvalue weighted by atomic mass is 16.3. The van der Waals surface area contributed by atoms with Gasteiger partial charge in [-0.2, -0.15) is 0 Å². The second kappa shape index (κ2) is 4.57. The first-order chi connectivity index (χ1) is 9.15. The van der Waals surface area contributed by atoms with Crippen LogP contribution in [0.4, 0.5) is 5.69 Å². The first-order valence-corrected chi connectivity index (χ1v) is 7.04. The van der Waals surface area contributed by atoms with E-state index in [1.165, 1.54) is 28.7 Å². The van der Waals surface area contributed by atoms with Crippen LogP contribution in [0.3, 0.4) is 0 Å². The molecule has 1 aromatic heterocycles. The number of rotatable bonds is 4. The summed E-state index contributed by atoms with van der Waals surface area (Å²) in [6.07, 6.45) is 3.55. The molecule has 1 saturated carbocycles. The van der Waals surface area contributed by atoms with Crippen molar-refractivity contribution >= 4 is 16.6 Å². The summed E-state index contributed by atoms with van der Waals surface area (Å²) >= 11 is 0. The SMILES string of the molecule is Cc1[nH]c2ccccc2c1N(C)CC1(CO)CCC1. The van der Waals surface area contributed by atoms with E-state index in [1.807, 2.05) is 0 Å². The molecule has 2 aromatic rings. The van der Waals surface area contributed by atoms with Gasteiger partial charge in [0.05, 0.1) is 12.3 Å². The van der Waals surface area contributed by atoms with E-state index in [9.17, 15) is 5.11 Å². The lowest BCUT2D eigenvalue weighted by atomic mass is 9.69. The van der Waals surface area contributed by atoms with Gasteiger partial charge in [-0.3, -0.25) is 0 Å². The van der Waals surface area contributed by atoms with E-state index in [1.54, 1.807) is 0 Å². The van der Waals surface area contributed by atoms with Crippen molar-refractivity contribution in [2.24, 2.45) is 5.41 Å². The smallest absolute Gasteiger partial charge is 0.0651 e. The van der Waals surface area contributed by atoms with Crippen LogP contribution in [0, 0.1) is 12.3 Å². The monoisotopic (exact) mass is 258 g/mol. The highest BCUT2D eigenvalue weighted by molar-refractivity contribution is 5.94. The van der Waals surface area contributed by atoms with Gasteiger partial charge in [0.2, 0.25) is 0 Å². The van der Waals surface area contributed by atoms with E-state index in [0.29, 0.717) is 6.61 Å². The van der Waals surface area contributed by atoms with Crippen molar-refractivity contribution in [1.29, 1.82) is 0 Å². The van der Waals surface area contributed by atoms with Gasteiger partial charge in [0.25, 0.3) is 0 Å². The molecule has 0 radical (unpaired) electrons. The Labute approximate surface area is 114 Å². The van der Waals surface area contributed by atoms with Gasteiger partial charge in [0, 0.05) is 35.6 Å². The third-order valence-electron chi connectivity index (χ3n) is 4.56. The Morgan fingerprint density at radius 3 is 2.68 bits per heavy atom. The molecular formula is C16H22N2O. The highest BCUT2D eigenvalue weighted by Crippen LogP contribution is 2.42. The number of hydrogen-bond donors (Lipinski definition) is 2. The van der Waals surface area contributed by atoms with E-state index in [2.05, 4.69) is 48.1 Å². The third-order valence-corrected chi connectivity index (χ3v) is 4.56. The number of nitrogens with one attached hydrogen (secondary N) is 1. The topological polar surface area (TPSA) is 39.3 Å². The van der Waals surface area contributed by atoms with Crippen LogP contribution >= 0.6 is 0 Å². The molecule has 2 N–H and O–H groups in total. The number of aliphatic hydroxyl groups is 1. The number of aromatic nitrogens is 1. The summed E-state index contributed by atoms with van der Waals surface area (Å²) < 4.78 is 0. The maximum atomic E-state index is 9.63. The fraction of sp³-hybridized carbons (Fsp3) is 0.500. The summed E-state index contributed by atoms with van der Waals surface area (Å²) in [5, 5.41) is 10.9. The molecule has 1 fully saturated rings. The number of hydrogen-bond acceptors (Lipinski definition) is 2. The summed E-state index contributed by atoms with van der Waals surface area (Å²) in [4.78, 5) is 5.75. The summed E-state index contributed by atoms with van der Waals surface area (Å²) in [5.41, 5.74) is 3.79. The van der Waals surface area contributed by atoms with Crippen molar-refractivity contribution in [2.75, 3.05) is 25.1 Å². The molecule has 3 rings (SSSR count). The molecule has 0 spiro atoms. The molecule has 1 aliphatic rings. The molecule has 0 bridgehead atoms. The number of H-pyrrole nitrogens is 1. The van der Waals surface area contributed by atoms with Crippen LogP contribution in [0.5, 0.6) is 0 Å². The first kappa shape index (κ1) is 12.5. The molecule has 102 valence electrons. The predicted molar refractivity (Wildman–Crippen MR) is 79.7 cm³/mol. The van der Waals surface area contributed by atoms with Crippen molar-refractivity contribution in [3.05, 3.63) is 30.0 Å². The average Bonchev–Trinajstić information content (AvgIpc) is 2.69. The predicted octanol–water partition coefficient (Wildman–Crippen LogP) is 3.08. The Balaban J connectivity index is 1.93. The Kier molecular flexibility index (Phi) is 3.02. The largest absolute Gasteiger partial charge is 0.396 e. The number of benzene rings is 1. The summed E-state index contributed by atoms with van der Waals surface area (Å²) in [5.74, 6) is 0. The molecule has 0 aliphatic heterocycles. The second-order valence-electron chi connectivity index (χ2n) is 6.01. The van der Waals surface area contributed by atoms with Gasteiger partial charge in [-0.25, -0.2) is 0 Å². The number of aromatic amines is 1. The Morgan fingerprint density at radius 2 is 2.05 bits per heavy atom. The maximum absolute atomic E-state index is 9.63. The van der Waals surface area contributed by atoms with E-state index in [4.69, 9.17) is 0 Å². The summed E-state index contributed by atoms with van der Waals surface area (Å²) in [6.45, 7) is 3.36. The van der Waals surface area contributed by atoms with E-state index < -0.39 is 0 Å². The van der Waals surface area contributed by atoms with Crippen molar-refractivity contribution in [1.82, 2.24) is 4.98 Å². The van der Waals surface area contributed by atoms with Crippen LogP contribution in [0.1, 0.15) is 25.0 Å². The fourth-order valence-electron chi connectivity index (χ4n) is 3.38.